The molecule has 0 aromatic heterocycles. The van der Waals surface area contributed by atoms with Crippen molar-refractivity contribution >= 4 is 27.7 Å². The molecule has 0 aliphatic carbocycles. The number of nitrogens with two attached hydrogens (primary N) is 1. The quantitative estimate of drug-likeness (QED) is 0.709. The lowest BCUT2D eigenvalue weighted by molar-refractivity contribution is -0.111. The number of rotatable bonds is 7. The summed E-state index contributed by atoms with van der Waals surface area (Å²) in [7, 11) is -3.87. The van der Waals surface area contributed by atoms with Crippen LogP contribution in [-0.4, -0.2) is 20.9 Å². The van der Waals surface area contributed by atoms with Crippen LogP contribution in [0.2, 0.25) is 0 Å². The fraction of sp³-hybridized carbons (Fsp3) is 0.158. The van der Waals surface area contributed by atoms with Crippen molar-refractivity contribution in [1.82, 2.24) is 0 Å². The Balaban J connectivity index is 2.07. The summed E-state index contributed by atoms with van der Waals surface area (Å²) in [6.45, 7) is 1.79. The standard InChI is InChI=1S/C19H19N3O4S/c1-2-15-6-7-16(13-18(15)27(21,24)25)22-19(23)10-5-14-3-8-17(9-4-14)26-12-11-20/h3-10,13H,2,12H2,1H3,(H,22,23)(H2,21,24,25)/b10-5+. The molecule has 8 heteroatoms. The van der Waals surface area contributed by atoms with Gasteiger partial charge < -0.3 is 10.1 Å². The molecule has 140 valence electrons. The highest BCUT2D eigenvalue weighted by molar-refractivity contribution is 7.89. The Bertz CT molecular complexity index is 991. The van der Waals surface area contributed by atoms with E-state index in [1.54, 1.807) is 42.5 Å². The van der Waals surface area contributed by atoms with Gasteiger partial charge in [-0.25, -0.2) is 13.6 Å². The van der Waals surface area contributed by atoms with Gasteiger partial charge in [0.05, 0.1) is 4.90 Å². The average Bonchev–Trinajstić information content (AvgIpc) is 2.65. The number of hydrogen-bond acceptors (Lipinski definition) is 5. The van der Waals surface area contributed by atoms with E-state index in [0.29, 0.717) is 23.4 Å². The number of aryl methyl sites for hydroxylation is 1. The van der Waals surface area contributed by atoms with Gasteiger partial charge in [0.1, 0.15) is 11.8 Å². The lowest BCUT2D eigenvalue weighted by Gasteiger charge is -2.09. The third-order valence-corrected chi connectivity index (χ3v) is 4.63. The maximum atomic E-state index is 12.1. The van der Waals surface area contributed by atoms with Crippen LogP contribution in [0.15, 0.2) is 53.4 Å². The third-order valence-electron chi connectivity index (χ3n) is 3.63. The molecule has 0 unspecified atom stereocenters. The van der Waals surface area contributed by atoms with Gasteiger partial charge in [0, 0.05) is 11.8 Å². The zero-order valence-corrected chi connectivity index (χ0v) is 15.5. The minimum absolute atomic E-state index is 0.000243. The SMILES string of the molecule is CCc1ccc(NC(=O)/C=C/c2ccc(OCC#N)cc2)cc1S(N)(=O)=O. The maximum Gasteiger partial charge on any atom is 0.248 e. The minimum Gasteiger partial charge on any atom is -0.479 e. The smallest absolute Gasteiger partial charge is 0.248 e. The van der Waals surface area contributed by atoms with Crippen LogP contribution in [-0.2, 0) is 21.2 Å². The molecule has 7 nitrogen and oxygen atoms in total. The van der Waals surface area contributed by atoms with E-state index < -0.39 is 15.9 Å². The van der Waals surface area contributed by atoms with Crippen molar-refractivity contribution in [3.8, 4) is 11.8 Å². The van der Waals surface area contributed by atoms with Gasteiger partial charge in [-0.3, -0.25) is 4.79 Å². The lowest BCUT2D eigenvalue weighted by Crippen LogP contribution is -2.15. The summed E-state index contributed by atoms with van der Waals surface area (Å²) < 4.78 is 28.5. The summed E-state index contributed by atoms with van der Waals surface area (Å²) in [5.74, 6) is 0.147. The number of anilines is 1. The minimum atomic E-state index is -3.87. The Morgan fingerprint density at radius 2 is 1.96 bits per heavy atom. The number of nitrogens with one attached hydrogen (secondary N) is 1. The highest BCUT2D eigenvalue weighted by Crippen LogP contribution is 2.20. The van der Waals surface area contributed by atoms with E-state index in [2.05, 4.69) is 5.32 Å². The van der Waals surface area contributed by atoms with Gasteiger partial charge in [-0.1, -0.05) is 25.1 Å². The highest BCUT2D eigenvalue weighted by atomic mass is 32.2. The number of nitrogens with zero attached hydrogens (tertiary/aromatic N) is 1. The summed E-state index contributed by atoms with van der Waals surface area (Å²) >= 11 is 0. The average molecular weight is 385 g/mol. The molecular formula is C19H19N3O4S. The molecule has 1 amide bonds. The number of carbonyl (C=O) groups excluding carboxylic acids is 1. The number of ether oxygens (including phenoxy) is 1. The van der Waals surface area contributed by atoms with Crippen molar-refractivity contribution in [2.75, 3.05) is 11.9 Å². The van der Waals surface area contributed by atoms with Crippen LogP contribution in [0.1, 0.15) is 18.1 Å². The summed E-state index contributed by atoms with van der Waals surface area (Å²) in [6.07, 6.45) is 3.44. The van der Waals surface area contributed by atoms with E-state index in [9.17, 15) is 13.2 Å². The van der Waals surface area contributed by atoms with Crippen LogP contribution < -0.4 is 15.2 Å². The largest absolute Gasteiger partial charge is 0.479 e. The van der Waals surface area contributed by atoms with Gasteiger partial charge >= 0.3 is 0 Å². The molecule has 2 rings (SSSR count). The highest BCUT2D eigenvalue weighted by Gasteiger charge is 2.14. The van der Waals surface area contributed by atoms with Crippen molar-refractivity contribution in [3.63, 3.8) is 0 Å². The predicted molar refractivity (Wildman–Crippen MR) is 102 cm³/mol. The topological polar surface area (TPSA) is 122 Å². The number of carbonyl (C=O) groups is 1. The van der Waals surface area contributed by atoms with Crippen LogP contribution in [0.3, 0.4) is 0 Å². The number of benzene rings is 2. The number of sulfonamides is 1. The first kappa shape index (κ1) is 20.2. The zero-order chi connectivity index (χ0) is 19.9. The second-order valence-electron chi connectivity index (χ2n) is 5.56. The molecular weight excluding hydrogens is 366 g/mol. The first-order chi connectivity index (χ1) is 12.8. The first-order valence-corrected chi connectivity index (χ1v) is 9.62. The van der Waals surface area contributed by atoms with E-state index in [-0.39, 0.29) is 11.5 Å². The second kappa shape index (κ2) is 8.98. The molecule has 0 saturated carbocycles. The van der Waals surface area contributed by atoms with E-state index in [4.69, 9.17) is 15.1 Å². The van der Waals surface area contributed by atoms with E-state index in [0.717, 1.165) is 5.56 Å². The Morgan fingerprint density at radius 3 is 2.56 bits per heavy atom. The van der Waals surface area contributed by atoms with Gasteiger partial charge in [0.15, 0.2) is 6.61 Å². The van der Waals surface area contributed by atoms with E-state index >= 15 is 0 Å². The molecule has 0 aliphatic rings. The molecule has 0 heterocycles. The number of amides is 1. The molecule has 0 aliphatic heterocycles. The lowest BCUT2D eigenvalue weighted by atomic mass is 10.1. The van der Waals surface area contributed by atoms with Crippen LogP contribution in [0.4, 0.5) is 5.69 Å². The summed E-state index contributed by atoms with van der Waals surface area (Å²) in [5.41, 5.74) is 1.69. The van der Waals surface area contributed by atoms with Crippen LogP contribution >= 0.6 is 0 Å². The van der Waals surface area contributed by atoms with Crippen molar-refractivity contribution in [1.29, 1.82) is 5.26 Å². The van der Waals surface area contributed by atoms with Gasteiger partial charge in [-0.05, 0) is 47.9 Å². The van der Waals surface area contributed by atoms with Gasteiger partial charge in [-0.2, -0.15) is 5.26 Å². The molecule has 27 heavy (non-hydrogen) atoms. The summed E-state index contributed by atoms with van der Waals surface area (Å²) in [5, 5.41) is 16.3. The monoisotopic (exact) mass is 385 g/mol. The zero-order valence-electron chi connectivity index (χ0n) is 14.7. The van der Waals surface area contributed by atoms with Crippen molar-refractivity contribution in [3.05, 3.63) is 59.7 Å². The van der Waals surface area contributed by atoms with Crippen molar-refractivity contribution in [2.24, 2.45) is 5.14 Å². The van der Waals surface area contributed by atoms with Crippen LogP contribution in [0, 0.1) is 11.3 Å². The van der Waals surface area contributed by atoms with Gasteiger partial charge in [-0.15, -0.1) is 0 Å². The van der Waals surface area contributed by atoms with Crippen molar-refractivity contribution < 1.29 is 17.9 Å². The molecule has 0 radical (unpaired) electrons. The van der Waals surface area contributed by atoms with E-state index in [1.165, 1.54) is 12.1 Å². The fourth-order valence-corrected chi connectivity index (χ4v) is 3.20. The summed E-state index contributed by atoms with van der Waals surface area (Å²) in [4.78, 5) is 12.1. The van der Waals surface area contributed by atoms with Crippen LogP contribution in [0.5, 0.6) is 5.75 Å². The molecule has 3 N–H and O–H groups in total. The Labute approximate surface area is 158 Å². The molecule has 0 saturated heterocycles. The number of primary sulfonamides is 1. The molecule has 2 aromatic carbocycles. The van der Waals surface area contributed by atoms with Gasteiger partial charge in [0.2, 0.25) is 15.9 Å². The molecule has 0 fully saturated rings. The Morgan fingerprint density at radius 1 is 1.26 bits per heavy atom. The predicted octanol–water partition coefficient (Wildman–Crippen LogP) is 2.45. The third kappa shape index (κ3) is 5.95. The van der Waals surface area contributed by atoms with E-state index in [1.807, 2.05) is 13.0 Å². The normalized spacial score (nSPS) is 11.1. The number of hydrogen-bond donors (Lipinski definition) is 2. The Hall–Kier alpha value is -3.15. The molecule has 0 atom stereocenters. The first-order valence-electron chi connectivity index (χ1n) is 8.08. The van der Waals surface area contributed by atoms with Crippen LogP contribution in [0.25, 0.3) is 6.08 Å². The maximum absolute atomic E-state index is 12.1. The number of nitriles is 1. The molecule has 0 spiro atoms. The fourth-order valence-electron chi connectivity index (χ4n) is 2.34. The molecule has 2 aromatic rings. The van der Waals surface area contributed by atoms with Gasteiger partial charge in [0.25, 0.3) is 0 Å². The second-order valence-corrected chi connectivity index (χ2v) is 7.09. The Kier molecular flexibility index (Phi) is 6.71. The summed E-state index contributed by atoms with van der Waals surface area (Å²) in [6, 6.07) is 13.3. The molecule has 0 bridgehead atoms. The van der Waals surface area contributed by atoms with Crippen molar-refractivity contribution in [2.45, 2.75) is 18.2 Å².